The van der Waals surface area contributed by atoms with Gasteiger partial charge in [0.25, 0.3) is 0 Å². The molecule has 3 rings (SSSR count). The maximum atomic E-state index is 8.98. The van der Waals surface area contributed by atoms with Gasteiger partial charge in [-0.05, 0) is 42.3 Å². The van der Waals surface area contributed by atoms with Gasteiger partial charge in [0, 0.05) is 38.4 Å². The van der Waals surface area contributed by atoms with E-state index in [-0.39, 0.29) is 0 Å². The first-order chi connectivity index (χ1) is 10.7. The molecule has 0 atom stereocenters. The normalized spacial score (nSPS) is 15.5. The fourth-order valence-electron chi connectivity index (χ4n) is 2.99. The molecule has 0 aromatic heterocycles. The van der Waals surface area contributed by atoms with Gasteiger partial charge in [0.15, 0.2) is 0 Å². The minimum absolute atomic E-state index is 0.746. The van der Waals surface area contributed by atoms with Crippen LogP contribution in [-0.4, -0.2) is 31.1 Å². The number of hydrogen-bond acceptors (Lipinski definition) is 3. The van der Waals surface area contributed by atoms with Gasteiger partial charge in [0.1, 0.15) is 0 Å². The third-order valence-electron chi connectivity index (χ3n) is 4.20. The Kier molecular flexibility index (Phi) is 4.41. The van der Waals surface area contributed by atoms with Crippen molar-refractivity contribution in [2.24, 2.45) is 0 Å². The van der Waals surface area contributed by atoms with E-state index < -0.39 is 0 Å². The Labute approximate surface area is 132 Å². The average Bonchev–Trinajstić information content (AvgIpc) is 2.56. The molecular weight excluding hydrogens is 270 g/mol. The Morgan fingerprint density at radius 2 is 1.77 bits per heavy atom. The smallest absolute Gasteiger partial charge is 0.0991 e. The summed E-state index contributed by atoms with van der Waals surface area (Å²) in [6, 6.07) is 18.9. The van der Waals surface area contributed by atoms with Crippen LogP contribution in [0.25, 0.3) is 0 Å². The molecule has 22 heavy (non-hydrogen) atoms. The fourth-order valence-corrected chi connectivity index (χ4v) is 2.99. The van der Waals surface area contributed by atoms with Gasteiger partial charge >= 0.3 is 0 Å². The van der Waals surface area contributed by atoms with Crippen LogP contribution >= 0.6 is 0 Å². The average molecular weight is 291 g/mol. The first-order valence-corrected chi connectivity index (χ1v) is 7.77. The number of benzene rings is 2. The van der Waals surface area contributed by atoms with Crippen molar-refractivity contribution in [3.8, 4) is 6.07 Å². The van der Waals surface area contributed by atoms with E-state index in [9.17, 15) is 0 Å². The second-order valence-electron chi connectivity index (χ2n) is 5.91. The van der Waals surface area contributed by atoms with Crippen LogP contribution in [0, 0.1) is 18.3 Å². The molecule has 0 bridgehead atoms. The zero-order valence-corrected chi connectivity index (χ0v) is 13.0. The first kappa shape index (κ1) is 14.6. The summed E-state index contributed by atoms with van der Waals surface area (Å²) in [6.45, 7) is 7.30. The lowest BCUT2D eigenvalue weighted by molar-refractivity contribution is 0.250. The van der Waals surface area contributed by atoms with Gasteiger partial charge in [-0.25, -0.2) is 0 Å². The topological polar surface area (TPSA) is 30.3 Å². The van der Waals surface area contributed by atoms with Crippen LogP contribution < -0.4 is 4.90 Å². The number of nitriles is 1. The van der Waals surface area contributed by atoms with Crippen LogP contribution in [0.15, 0.2) is 48.5 Å². The van der Waals surface area contributed by atoms with E-state index in [1.165, 1.54) is 16.8 Å². The predicted octanol–water partition coefficient (Wildman–Crippen LogP) is 3.19. The highest BCUT2D eigenvalue weighted by Crippen LogP contribution is 2.18. The van der Waals surface area contributed by atoms with Crippen LogP contribution in [0.4, 0.5) is 5.69 Å². The maximum absolute atomic E-state index is 8.98. The summed E-state index contributed by atoms with van der Waals surface area (Å²) in [5.41, 5.74) is 4.61. The van der Waals surface area contributed by atoms with Crippen LogP contribution in [0.2, 0.25) is 0 Å². The van der Waals surface area contributed by atoms with E-state index >= 15 is 0 Å². The first-order valence-electron chi connectivity index (χ1n) is 7.77. The molecule has 0 spiro atoms. The molecule has 1 aliphatic heterocycles. The zero-order valence-electron chi connectivity index (χ0n) is 13.0. The lowest BCUT2D eigenvalue weighted by Gasteiger charge is -2.36. The summed E-state index contributed by atoms with van der Waals surface area (Å²) >= 11 is 0. The molecule has 2 aromatic rings. The molecule has 0 amide bonds. The van der Waals surface area contributed by atoms with Crippen molar-refractivity contribution in [1.82, 2.24) is 4.90 Å². The second kappa shape index (κ2) is 6.64. The highest BCUT2D eigenvalue weighted by molar-refractivity contribution is 5.48. The van der Waals surface area contributed by atoms with E-state index in [0.717, 1.165) is 38.3 Å². The fraction of sp³-hybridized carbons (Fsp3) is 0.316. The van der Waals surface area contributed by atoms with Crippen molar-refractivity contribution in [3.05, 3.63) is 65.2 Å². The summed E-state index contributed by atoms with van der Waals surface area (Å²) in [5.74, 6) is 0. The van der Waals surface area contributed by atoms with E-state index in [4.69, 9.17) is 5.26 Å². The summed E-state index contributed by atoms with van der Waals surface area (Å²) < 4.78 is 0. The van der Waals surface area contributed by atoms with Crippen LogP contribution in [-0.2, 0) is 6.54 Å². The molecule has 0 radical (unpaired) electrons. The number of nitrogens with zero attached hydrogens (tertiary/aromatic N) is 3. The van der Waals surface area contributed by atoms with Gasteiger partial charge < -0.3 is 4.90 Å². The van der Waals surface area contributed by atoms with Gasteiger partial charge in [0.05, 0.1) is 11.6 Å². The third kappa shape index (κ3) is 3.47. The Bertz CT molecular complexity index is 679. The minimum Gasteiger partial charge on any atom is -0.369 e. The van der Waals surface area contributed by atoms with Crippen LogP contribution in [0.5, 0.6) is 0 Å². The molecule has 2 aromatic carbocycles. The molecule has 1 saturated heterocycles. The summed E-state index contributed by atoms with van der Waals surface area (Å²) in [4.78, 5) is 4.91. The van der Waals surface area contributed by atoms with Gasteiger partial charge in [-0.15, -0.1) is 0 Å². The van der Waals surface area contributed by atoms with E-state index in [1.54, 1.807) is 0 Å². The standard InChI is InChI=1S/C19H21N3/c1-16-4-2-7-19(12-16)22-10-8-21(9-11-22)15-18-6-3-5-17(13-18)14-20/h2-7,12-13H,8-11,15H2,1H3. The van der Waals surface area contributed by atoms with Crippen molar-refractivity contribution in [3.63, 3.8) is 0 Å². The Hall–Kier alpha value is -2.31. The molecule has 3 heteroatoms. The quantitative estimate of drug-likeness (QED) is 0.870. The SMILES string of the molecule is Cc1cccc(N2CCN(Cc3cccc(C#N)c3)CC2)c1. The van der Waals surface area contributed by atoms with Crippen molar-refractivity contribution in [2.75, 3.05) is 31.1 Å². The number of hydrogen-bond donors (Lipinski definition) is 0. The third-order valence-corrected chi connectivity index (χ3v) is 4.20. The molecule has 0 saturated carbocycles. The van der Waals surface area contributed by atoms with E-state index in [1.807, 2.05) is 18.2 Å². The Morgan fingerprint density at radius 1 is 1.00 bits per heavy atom. The van der Waals surface area contributed by atoms with Crippen molar-refractivity contribution >= 4 is 5.69 Å². The summed E-state index contributed by atoms with van der Waals surface area (Å²) in [6.07, 6.45) is 0. The molecule has 1 fully saturated rings. The highest BCUT2D eigenvalue weighted by atomic mass is 15.3. The monoisotopic (exact) mass is 291 g/mol. The molecule has 1 aliphatic rings. The van der Waals surface area contributed by atoms with Gasteiger partial charge in [-0.2, -0.15) is 5.26 Å². The molecule has 0 unspecified atom stereocenters. The van der Waals surface area contributed by atoms with Gasteiger partial charge in [0.2, 0.25) is 0 Å². The Balaban J connectivity index is 1.59. The maximum Gasteiger partial charge on any atom is 0.0991 e. The molecule has 1 heterocycles. The van der Waals surface area contributed by atoms with E-state index in [0.29, 0.717) is 0 Å². The van der Waals surface area contributed by atoms with E-state index in [2.05, 4.69) is 53.1 Å². The van der Waals surface area contributed by atoms with Crippen LogP contribution in [0.3, 0.4) is 0 Å². The van der Waals surface area contributed by atoms with Crippen molar-refractivity contribution in [1.29, 1.82) is 5.26 Å². The zero-order chi connectivity index (χ0) is 15.4. The van der Waals surface area contributed by atoms with Gasteiger partial charge in [-0.1, -0.05) is 24.3 Å². The largest absolute Gasteiger partial charge is 0.369 e. The predicted molar refractivity (Wildman–Crippen MR) is 89.8 cm³/mol. The Morgan fingerprint density at radius 3 is 2.50 bits per heavy atom. The van der Waals surface area contributed by atoms with Crippen LogP contribution in [0.1, 0.15) is 16.7 Å². The lowest BCUT2D eigenvalue weighted by Crippen LogP contribution is -2.46. The lowest BCUT2D eigenvalue weighted by atomic mass is 10.1. The molecular formula is C19H21N3. The summed E-state index contributed by atoms with van der Waals surface area (Å²) in [7, 11) is 0. The molecule has 0 aliphatic carbocycles. The minimum atomic E-state index is 0.746. The summed E-state index contributed by atoms with van der Waals surface area (Å²) in [5, 5.41) is 8.98. The van der Waals surface area contributed by atoms with Crippen molar-refractivity contribution < 1.29 is 0 Å². The number of anilines is 1. The molecule has 0 N–H and O–H groups in total. The second-order valence-corrected chi connectivity index (χ2v) is 5.91. The molecule has 3 nitrogen and oxygen atoms in total. The number of aryl methyl sites for hydroxylation is 1. The molecule has 112 valence electrons. The highest BCUT2D eigenvalue weighted by Gasteiger charge is 2.17. The number of piperazine rings is 1. The van der Waals surface area contributed by atoms with Crippen molar-refractivity contribution in [2.45, 2.75) is 13.5 Å². The van der Waals surface area contributed by atoms with Gasteiger partial charge in [-0.3, -0.25) is 4.90 Å². The number of rotatable bonds is 3.